The fraction of sp³-hybridized carbons (Fsp3) is 0.409. The number of nitrogens with one attached hydrogen (secondary N) is 1. The standard InChI is InChI=1S/C22H28N2O4/c25-14-5-11-24(13-15-26)12-10-23-22(27)28-16-21-19-8-3-1-6-17(19)18-7-2-4-9-20(18)21/h1-4,6-9,21,25-26H,5,10-16H2,(H,23,27). The van der Waals surface area contributed by atoms with Crippen LogP contribution in [0, 0.1) is 0 Å². The predicted octanol–water partition coefficient (Wildman–Crippen LogP) is 2.20. The molecule has 0 atom stereocenters. The predicted molar refractivity (Wildman–Crippen MR) is 108 cm³/mol. The summed E-state index contributed by atoms with van der Waals surface area (Å²) < 4.78 is 5.50. The van der Waals surface area contributed by atoms with Crippen LogP contribution in [-0.4, -0.2) is 67.2 Å². The Bertz CT molecular complexity index is 735. The van der Waals surface area contributed by atoms with Crippen LogP contribution in [0.2, 0.25) is 0 Å². The quantitative estimate of drug-likeness (QED) is 0.585. The highest BCUT2D eigenvalue weighted by atomic mass is 16.5. The molecule has 150 valence electrons. The molecule has 2 aromatic carbocycles. The molecule has 6 nitrogen and oxygen atoms in total. The van der Waals surface area contributed by atoms with Crippen molar-refractivity contribution in [1.82, 2.24) is 10.2 Å². The van der Waals surface area contributed by atoms with Crippen molar-refractivity contribution in [3.63, 3.8) is 0 Å². The summed E-state index contributed by atoms with van der Waals surface area (Å²) in [6.45, 7) is 2.70. The summed E-state index contributed by atoms with van der Waals surface area (Å²) in [7, 11) is 0. The van der Waals surface area contributed by atoms with Gasteiger partial charge in [-0.1, -0.05) is 48.5 Å². The Morgan fingerprint density at radius 3 is 2.18 bits per heavy atom. The first-order chi connectivity index (χ1) is 13.7. The normalized spacial score (nSPS) is 12.7. The van der Waals surface area contributed by atoms with Crippen LogP contribution in [0.1, 0.15) is 23.5 Å². The van der Waals surface area contributed by atoms with Crippen molar-refractivity contribution in [3.8, 4) is 11.1 Å². The van der Waals surface area contributed by atoms with E-state index in [0.717, 1.165) is 0 Å². The van der Waals surface area contributed by atoms with E-state index < -0.39 is 6.09 Å². The van der Waals surface area contributed by atoms with Crippen LogP contribution in [0.15, 0.2) is 48.5 Å². The zero-order valence-electron chi connectivity index (χ0n) is 16.0. The van der Waals surface area contributed by atoms with Crippen molar-refractivity contribution >= 4 is 6.09 Å². The van der Waals surface area contributed by atoms with Crippen molar-refractivity contribution in [2.75, 3.05) is 46.0 Å². The van der Waals surface area contributed by atoms with Gasteiger partial charge >= 0.3 is 6.09 Å². The smallest absolute Gasteiger partial charge is 0.407 e. The molecule has 0 aliphatic heterocycles. The molecule has 3 rings (SSSR count). The van der Waals surface area contributed by atoms with Gasteiger partial charge in [0.25, 0.3) is 0 Å². The van der Waals surface area contributed by atoms with Gasteiger partial charge in [0.2, 0.25) is 0 Å². The van der Waals surface area contributed by atoms with Gasteiger partial charge in [-0.05, 0) is 28.7 Å². The van der Waals surface area contributed by atoms with E-state index in [4.69, 9.17) is 14.9 Å². The SMILES string of the molecule is O=C(NCCN(CCO)CCCO)OCC1c2ccccc2-c2ccccc21. The van der Waals surface area contributed by atoms with Gasteiger partial charge in [-0.15, -0.1) is 0 Å². The lowest BCUT2D eigenvalue weighted by Gasteiger charge is -2.21. The third-order valence-corrected chi connectivity index (χ3v) is 5.09. The molecule has 1 aliphatic rings. The maximum Gasteiger partial charge on any atom is 0.407 e. The van der Waals surface area contributed by atoms with E-state index in [2.05, 4.69) is 29.6 Å². The third kappa shape index (κ3) is 4.90. The van der Waals surface area contributed by atoms with E-state index in [1.165, 1.54) is 22.3 Å². The molecule has 1 amide bonds. The van der Waals surface area contributed by atoms with E-state index in [1.807, 2.05) is 29.2 Å². The number of hydrogen-bond donors (Lipinski definition) is 3. The van der Waals surface area contributed by atoms with Crippen molar-refractivity contribution in [3.05, 3.63) is 59.7 Å². The van der Waals surface area contributed by atoms with E-state index in [-0.39, 0.29) is 19.1 Å². The fourth-order valence-corrected chi connectivity index (χ4v) is 3.74. The van der Waals surface area contributed by atoms with Gasteiger partial charge < -0.3 is 20.3 Å². The van der Waals surface area contributed by atoms with Gasteiger partial charge in [0.1, 0.15) is 6.61 Å². The molecular weight excluding hydrogens is 356 g/mol. The van der Waals surface area contributed by atoms with Crippen molar-refractivity contribution in [2.24, 2.45) is 0 Å². The molecule has 0 spiro atoms. The third-order valence-electron chi connectivity index (χ3n) is 5.09. The number of carbonyl (C=O) groups is 1. The Morgan fingerprint density at radius 2 is 1.57 bits per heavy atom. The molecule has 1 aliphatic carbocycles. The maximum absolute atomic E-state index is 12.1. The first-order valence-electron chi connectivity index (χ1n) is 9.77. The summed E-state index contributed by atoms with van der Waals surface area (Å²) in [5.41, 5.74) is 4.79. The molecular formula is C22H28N2O4. The molecule has 0 unspecified atom stereocenters. The molecule has 0 heterocycles. The zero-order valence-corrected chi connectivity index (χ0v) is 16.0. The fourth-order valence-electron chi connectivity index (χ4n) is 3.74. The summed E-state index contributed by atoms with van der Waals surface area (Å²) in [4.78, 5) is 14.1. The van der Waals surface area contributed by atoms with Gasteiger partial charge in [0.05, 0.1) is 6.61 Å². The van der Waals surface area contributed by atoms with Crippen LogP contribution < -0.4 is 5.32 Å². The second kappa shape index (κ2) is 10.2. The number of ether oxygens (including phenoxy) is 1. The van der Waals surface area contributed by atoms with Gasteiger partial charge in [0.15, 0.2) is 0 Å². The Labute approximate surface area is 165 Å². The van der Waals surface area contributed by atoms with Crippen molar-refractivity contribution < 1.29 is 19.7 Å². The Kier molecular flexibility index (Phi) is 7.42. The number of hydrogen-bond acceptors (Lipinski definition) is 5. The van der Waals surface area contributed by atoms with Crippen LogP contribution in [0.5, 0.6) is 0 Å². The molecule has 0 saturated carbocycles. The van der Waals surface area contributed by atoms with Gasteiger partial charge in [0, 0.05) is 38.7 Å². The number of aliphatic hydroxyl groups is 2. The Balaban J connectivity index is 1.51. The molecule has 2 aromatic rings. The largest absolute Gasteiger partial charge is 0.449 e. The Morgan fingerprint density at radius 1 is 0.929 bits per heavy atom. The van der Waals surface area contributed by atoms with E-state index >= 15 is 0 Å². The van der Waals surface area contributed by atoms with Crippen molar-refractivity contribution in [1.29, 1.82) is 0 Å². The molecule has 0 saturated heterocycles. The van der Waals surface area contributed by atoms with E-state index in [1.54, 1.807) is 0 Å². The topological polar surface area (TPSA) is 82.0 Å². The van der Waals surface area contributed by atoms with Crippen LogP contribution in [-0.2, 0) is 4.74 Å². The van der Waals surface area contributed by atoms with E-state index in [9.17, 15) is 4.79 Å². The van der Waals surface area contributed by atoms with E-state index in [0.29, 0.717) is 39.2 Å². The Hall–Kier alpha value is -2.41. The first-order valence-corrected chi connectivity index (χ1v) is 9.77. The first kappa shape index (κ1) is 20.3. The lowest BCUT2D eigenvalue weighted by atomic mass is 9.98. The molecule has 6 heteroatoms. The highest BCUT2D eigenvalue weighted by molar-refractivity contribution is 5.79. The maximum atomic E-state index is 12.1. The minimum Gasteiger partial charge on any atom is -0.449 e. The highest BCUT2D eigenvalue weighted by Gasteiger charge is 2.28. The average Bonchev–Trinajstić information content (AvgIpc) is 3.04. The van der Waals surface area contributed by atoms with Crippen LogP contribution >= 0.6 is 0 Å². The minimum atomic E-state index is -0.437. The lowest BCUT2D eigenvalue weighted by molar-refractivity contribution is 0.139. The average molecular weight is 384 g/mol. The number of rotatable bonds is 10. The number of aliphatic hydroxyl groups excluding tert-OH is 2. The lowest BCUT2D eigenvalue weighted by Crippen LogP contribution is -2.37. The number of nitrogens with zero attached hydrogens (tertiary/aromatic N) is 1. The molecule has 0 fully saturated rings. The number of benzene rings is 2. The highest BCUT2D eigenvalue weighted by Crippen LogP contribution is 2.44. The van der Waals surface area contributed by atoms with Crippen LogP contribution in [0.3, 0.4) is 0 Å². The molecule has 0 radical (unpaired) electrons. The number of alkyl carbamates (subject to hydrolysis) is 1. The second-order valence-corrected chi connectivity index (χ2v) is 6.89. The summed E-state index contributed by atoms with van der Waals surface area (Å²) in [6.07, 6.45) is 0.207. The summed E-state index contributed by atoms with van der Waals surface area (Å²) >= 11 is 0. The molecule has 3 N–H and O–H groups in total. The van der Waals surface area contributed by atoms with Crippen LogP contribution in [0.25, 0.3) is 11.1 Å². The second-order valence-electron chi connectivity index (χ2n) is 6.89. The van der Waals surface area contributed by atoms with Gasteiger partial charge in [-0.3, -0.25) is 4.90 Å². The molecule has 28 heavy (non-hydrogen) atoms. The number of amides is 1. The summed E-state index contributed by atoms with van der Waals surface area (Å²) in [6, 6.07) is 16.5. The number of carbonyl (C=O) groups excluding carboxylic acids is 1. The monoisotopic (exact) mass is 384 g/mol. The summed E-state index contributed by atoms with van der Waals surface area (Å²) in [5, 5.41) is 20.8. The molecule has 0 aromatic heterocycles. The zero-order chi connectivity index (χ0) is 19.8. The van der Waals surface area contributed by atoms with Crippen molar-refractivity contribution in [2.45, 2.75) is 12.3 Å². The van der Waals surface area contributed by atoms with Gasteiger partial charge in [-0.25, -0.2) is 4.79 Å². The minimum absolute atomic E-state index is 0.0496. The number of fused-ring (bicyclic) bond motifs is 3. The summed E-state index contributed by atoms with van der Waals surface area (Å²) in [5.74, 6) is 0.0496. The van der Waals surface area contributed by atoms with Gasteiger partial charge in [-0.2, -0.15) is 0 Å². The van der Waals surface area contributed by atoms with Crippen LogP contribution in [0.4, 0.5) is 4.79 Å². The molecule has 0 bridgehead atoms.